The van der Waals surface area contributed by atoms with Crippen LogP contribution in [0.4, 0.5) is 0 Å². The molecule has 0 aliphatic carbocycles. The zero-order chi connectivity index (χ0) is 12.5. The summed E-state index contributed by atoms with van der Waals surface area (Å²) in [5.74, 6) is 0.507. The van der Waals surface area contributed by atoms with Gasteiger partial charge in [0.2, 0.25) is 5.91 Å². The highest BCUT2D eigenvalue weighted by atomic mass is 32.2. The Morgan fingerprint density at radius 2 is 2.12 bits per heavy atom. The van der Waals surface area contributed by atoms with Crippen LogP contribution in [0.1, 0.15) is 13.3 Å². The van der Waals surface area contributed by atoms with Gasteiger partial charge in [-0.15, -0.1) is 11.8 Å². The zero-order valence-corrected chi connectivity index (χ0v) is 11.1. The summed E-state index contributed by atoms with van der Waals surface area (Å²) in [6.07, 6.45) is 0.885. The topological polar surface area (TPSA) is 38.3 Å². The van der Waals surface area contributed by atoms with Crippen LogP contribution in [0, 0.1) is 0 Å². The summed E-state index contributed by atoms with van der Waals surface area (Å²) in [6.45, 7) is 2.60. The lowest BCUT2D eigenvalue weighted by Gasteiger charge is -2.15. The fraction of sp³-hybridized carbons (Fsp3) is 0.462. The van der Waals surface area contributed by atoms with Crippen LogP contribution in [0.5, 0.6) is 0 Å². The van der Waals surface area contributed by atoms with Crippen molar-refractivity contribution in [1.82, 2.24) is 5.32 Å². The number of carbonyl (C=O) groups is 1. The van der Waals surface area contributed by atoms with Gasteiger partial charge in [0, 0.05) is 12.0 Å². The van der Waals surface area contributed by atoms with E-state index in [1.807, 2.05) is 37.3 Å². The van der Waals surface area contributed by atoms with Crippen molar-refractivity contribution < 1.29 is 9.53 Å². The van der Waals surface area contributed by atoms with E-state index >= 15 is 0 Å². The van der Waals surface area contributed by atoms with Crippen LogP contribution in [-0.4, -0.2) is 31.4 Å². The monoisotopic (exact) mass is 253 g/mol. The molecule has 0 bridgehead atoms. The number of rotatable bonds is 7. The molecule has 1 unspecified atom stereocenters. The minimum Gasteiger partial charge on any atom is -0.383 e. The van der Waals surface area contributed by atoms with Crippen molar-refractivity contribution in [1.29, 1.82) is 0 Å². The van der Waals surface area contributed by atoms with Gasteiger partial charge in [0.05, 0.1) is 18.4 Å². The summed E-state index contributed by atoms with van der Waals surface area (Å²) >= 11 is 1.55. The summed E-state index contributed by atoms with van der Waals surface area (Å²) in [5, 5.41) is 2.95. The van der Waals surface area contributed by atoms with Gasteiger partial charge in [0.15, 0.2) is 0 Å². The van der Waals surface area contributed by atoms with Gasteiger partial charge in [-0.25, -0.2) is 0 Å². The SMILES string of the molecule is CCC(COC)NC(=O)CSc1ccccc1. The molecule has 0 saturated carbocycles. The zero-order valence-electron chi connectivity index (χ0n) is 10.3. The molecule has 1 atom stereocenters. The molecule has 0 aliphatic heterocycles. The first kappa shape index (κ1) is 14.1. The highest BCUT2D eigenvalue weighted by Gasteiger charge is 2.09. The Kier molecular flexibility index (Phi) is 6.74. The highest BCUT2D eigenvalue weighted by Crippen LogP contribution is 2.16. The fourth-order valence-corrected chi connectivity index (χ4v) is 2.13. The number of benzene rings is 1. The molecule has 0 fully saturated rings. The molecule has 17 heavy (non-hydrogen) atoms. The standard InChI is InChI=1S/C13H19NO2S/c1-3-11(9-16-2)14-13(15)10-17-12-7-5-4-6-8-12/h4-8,11H,3,9-10H2,1-2H3,(H,14,15). The summed E-state index contributed by atoms with van der Waals surface area (Å²) in [7, 11) is 1.65. The van der Waals surface area contributed by atoms with Gasteiger partial charge in [-0.2, -0.15) is 0 Å². The van der Waals surface area contributed by atoms with Crippen LogP contribution in [0.3, 0.4) is 0 Å². The summed E-state index contributed by atoms with van der Waals surface area (Å²) in [6, 6.07) is 10.0. The molecule has 1 amide bonds. The molecule has 0 radical (unpaired) electrons. The van der Waals surface area contributed by atoms with Crippen molar-refractivity contribution in [2.24, 2.45) is 0 Å². The Morgan fingerprint density at radius 3 is 2.71 bits per heavy atom. The molecule has 1 aromatic rings. The molecular formula is C13H19NO2S. The number of methoxy groups -OCH3 is 1. The third-order valence-corrected chi connectivity index (χ3v) is 3.35. The first-order chi connectivity index (χ1) is 8.26. The Morgan fingerprint density at radius 1 is 1.41 bits per heavy atom. The molecule has 1 rings (SSSR count). The predicted molar refractivity (Wildman–Crippen MR) is 71.3 cm³/mol. The van der Waals surface area contributed by atoms with Gasteiger partial charge >= 0.3 is 0 Å². The molecule has 0 spiro atoms. The van der Waals surface area contributed by atoms with E-state index in [2.05, 4.69) is 5.32 Å². The third kappa shape index (κ3) is 5.75. The summed E-state index contributed by atoms with van der Waals surface area (Å²) in [5.41, 5.74) is 0. The van der Waals surface area contributed by atoms with Gasteiger partial charge in [0.25, 0.3) is 0 Å². The fourth-order valence-electron chi connectivity index (χ4n) is 1.40. The number of carbonyl (C=O) groups excluding carboxylic acids is 1. The first-order valence-electron chi connectivity index (χ1n) is 5.72. The van der Waals surface area contributed by atoms with E-state index in [9.17, 15) is 4.79 Å². The van der Waals surface area contributed by atoms with E-state index in [1.54, 1.807) is 18.9 Å². The lowest BCUT2D eigenvalue weighted by molar-refractivity contribution is -0.119. The van der Waals surface area contributed by atoms with Crippen molar-refractivity contribution in [2.45, 2.75) is 24.3 Å². The molecule has 0 aromatic heterocycles. The smallest absolute Gasteiger partial charge is 0.230 e. The van der Waals surface area contributed by atoms with Gasteiger partial charge in [-0.3, -0.25) is 4.79 Å². The van der Waals surface area contributed by atoms with Crippen LogP contribution in [0.15, 0.2) is 35.2 Å². The second-order valence-electron chi connectivity index (χ2n) is 3.73. The lowest BCUT2D eigenvalue weighted by Crippen LogP contribution is -2.38. The van der Waals surface area contributed by atoms with Gasteiger partial charge in [-0.1, -0.05) is 25.1 Å². The molecule has 94 valence electrons. The Labute approximate surface area is 107 Å². The number of thioether (sulfide) groups is 1. The largest absolute Gasteiger partial charge is 0.383 e. The van der Waals surface area contributed by atoms with Crippen LogP contribution >= 0.6 is 11.8 Å². The van der Waals surface area contributed by atoms with E-state index in [0.29, 0.717) is 12.4 Å². The minimum atomic E-state index is 0.0581. The maximum absolute atomic E-state index is 11.7. The first-order valence-corrected chi connectivity index (χ1v) is 6.71. The molecule has 3 nitrogen and oxygen atoms in total. The molecule has 0 heterocycles. The Bertz CT molecular complexity index is 329. The average Bonchev–Trinajstić information content (AvgIpc) is 2.37. The predicted octanol–water partition coefficient (Wildman–Crippen LogP) is 2.32. The summed E-state index contributed by atoms with van der Waals surface area (Å²) < 4.78 is 5.04. The van der Waals surface area contributed by atoms with Crippen molar-refractivity contribution in [3.63, 3.8) is 0 Å². The van der Waals surface area contributed by atoms with E-state index in [4.69, 9.17) is 4.74 Å². The molecule has 1 N–H and O–H groups in total. The number of nitrogens with one attached hydrogen (secondary N) is 1. The lowest BCUT2D eigenvalue weighted by atomic mass is 10.2. The van der Waals surface area contributed by atoms with Gasteiger partial charge < -0.3 is 10.1 Å². The Balaban J connectivity index is 2.30. The van der Waals surface area contributed by atoms with Crippen LogP contribution in [0.25, 0.3) is 0 Å². The van der Waals surface area contributed by atoms with Crippen molar-refractivity contribution >= 4 is 17.7 Å². The number of hydrogen-bond acceptors (Lipinski definition) is 3. The molecule has 0 aliphatic rings. The summed E-state index contributed by atoms with van der Waals surface area (Å²) in [4.78, 5) is 12.8. The van der Waals surface area contributed by atoms with E-state index < -0.39 is 0 Å². The molecular weight excluding hydrogens is 234 g/mol. The number of hydrogen-bond donors (Lipinski definition) is 1. The number of amides is 1. The average molecular weight is 253 g/mol. The minimum absolute atomic E-state index is 0.0581. The van der Waals surface area contributed by atoms with Crippen molar-refractivity contribution in [3.8, 4) is 0 Å². The second-order valence-corrected chi connectivity index (χ2v) is 4.78. The second kappa shape index (κ2) is 8.14. The normalized spacial score (nSPS) is 12.1. The third-order valence-electron chi connectivity index (χ3n) is 2.34. The molecule has 0 saturated heterocycles. The van der Waals surface area contributed by atoms with E-state index in [0.717, 1.165) is 11.3 Å². The quantitative estimate of drug-likeness (QED) is 0.758. The number of ether oxygens (including phenoxy) is 1. The van der Waals surface area contributed by atoms with Gasteiger partial charge in [0.1, 0.15) is 0 Å². The van der Waals surface area contributed by atoms with Crippen molar-refractivity contribution in [2.75, 3.05) is 19.5 Å². The van der Waals surface area contributed by atoms with Crippen LogP contribution in [-0.2, 0) is 9.53 Å². The molecule has 4 heteroatoms. The Hall–Kier alpha value is -1.00. The molecule has 1 aromatic carbocycles. The van der Waals surface area contributed by atoms with Gasteiger partial charge in [-0.05, 0) is 18.6 Å². The maximum atomic E-state index is 11.7. The van der Waals surface area contributed by atoms with E-state index in [-0.39, 0.29) is 11.9 Å². The van der Waals surface area contributed by atoms with Crippen molar-refractivity contribution in [3.05, 3.63) is 30.3 Å². The van der Waals surface area contributed by atoms with E-state index in [1.165, 1.54) is 0 Å². The highest BCUT2D eigenvalue weighted by molar-refractivity contribution is 8.00. The van der Waals surface area contributed by atoms with Crippen LogP contribution < -0.4 is 5.32 Å². The van der Waals surface area contributed by atoms with Crippen LogP contribution in [0.2, 0.25) is 0 Å². The maximum Gasteiger partial charge on any atom is 0.230 e.